The molecule has 3 nitrogen and oxygen atoms in total. The van der Waals surface area contributed by atoms with Crippen molar-refractivity contribution in [1.82, 2.24) is 4.31 Å². The van der Waals surface area contributed by atoms with Crippen molar-refractivity contribution in [2.75, 3.05) is 6.54 Å². The first kappa shape index (κ1) is 13.1. The van der Waals surface area contributed by atoms with Gasteiger partial charge >= 0.3 is 0 Å². The third-order valence-electron chi connectivity index (χ3n) is 4.09. The highest BCUT2D eigenvalue weighted by Crippen LogP contribution is 2.41. The fraction of sp³-hybridized carbons (Fsp3) is 0.667. The maximum Gasteiger partial charge on any atom is 0.253 e. The fourth-order valence-electron chi connectivity index (χ4n) is 3.23. The minimum atomic E-state index is -3.29. The largest absolute Gasteiger partial charge is 0.253 e. The molecule has 18 heavy (non-hydrogen) atoms. The topological polar surface area (TPSA) is 37.4 Å². The van der Waals surface area contributed by atoms with E-state index in [4.69, 9.17) is 0 Å². The zero-order valence-electron chi connectivity index (χ0n) is 10.0. The van der Waals surface area contributed by atoms with E-state index in [0.717, 1.165) is 12.8 Å². The molecule has 1 saturated carbocycles. The molecular formula is C12H16BrNO2S2. The van der Waals surface area contributed by atoms with Crippen LogP contribution in [0.3, 0.4) is 0 Å². The van der Waals surface area contributed by atoms with Crippen LogP contribution in [0.1, 0.15) is 32.1 Å². The normalized spacial score (nSPS) is 29.4. The van der Waals surface area contributed by atoms with Gasteiger partial charge in [0.05, 0.1) is 0 Å². The minimum absolute atomic E-state index is 0.248. The predicted molar refractivity (Wildman–Crippen MR) is 76.3 cm³/mol. The van der Waals surface area contributed by atoms with Gasteiger partial charge in [-0.15, -0.1) is 11.3 Å². The molecule has 1 saturated heterocycles. The van der Waals surface area contributed by atoms with Gasteiger partial charge in [-0.25, -0.2) is 8.42 Å². The Balaban J connectivity index is 1.93. The van der Waals surface area contributed by atoms with Crippen LogP contribution in [0, 0.1) is 5.92 Å². The summed E-state index contributed by atoms with van der Waals surface area (Å²) in [6, 6.07) is 2.06. The second kappa shape index (κ2) is 4.89. The van der Waals surface area contributed by atoms with E-state index in [-0.39, 0.29) is 6.04 Å². The van der Waals surface area contributed by atoms with Gasteiger partial charge in [0.2, 0.25) is 0 Å². The van der Waals surface area contributed by atoms with Crippen LogP contribution < -0.4 is 0 Å². The van der Waals surface area contributed by atoms with Gasteiger partial charge in [0.1, 0.15) is 4.21 Å². The van der Waals surface area contributed by atoms with Crippen LogP contribution in [0.25, 0.3) is 0 Å². The number of hydrogen-bond acceptors (Lipinski definition) is 3. The van der Waals surface area contributed by atoms with Gasteiger partial charge in [-0.05, 0) is 52.6 Å². The van der Waals surface area contributed by atoms with Gasteiger partial charge in [-0.1, -0.05) is 12.8 Å². The second-order valence-electron chi connectivity index (χ2n) is 5.07. The molecule has 0 spiro atoms. The van der Waals surface area contributed by atoms with E-state index in [2.05, 4.69) is 15.9 Å². The highest BCUT2D eigenvalue weighted by molar-refractivity contribution is 9.10. The summed E-state index contributed by atoms with van der Waals surface area (Å²) in [5, 5.41) is 1.82. The van der Waals surface area contributed by atoms with Gasteiger partial charge < -0.3 is 0 Å². The SMILES string of the molecule is O=S(=O)(c1sccc1Br)N1CCC2CCCCC21. The first-order valence-electron chi connectivity index (χ1n) is 6.35. The number of sulfonamides is 1. The summed E-state index contributed by atoms with van der Waals surface area (Å²) in [6.07, 6.45) is 5.69. The zero-order valence-corrected chi connectivity index (χ0v) is 13.2. The Morgan fingerprint density at radius 3 is 2.78 bits per heavy atom. The second-order valence-corrected chi connectivity index (χ2v) is 8.93. The number of fused-ring (bicyclic) bond motifs is 1. The molecule has 2 aliphatic rings. The summed E-state index contributed by atoms with van der Waals surface area (Å²) in [7, 11) is -3.29. The lowest BCUT2D eigenvalue weighted by Gasteiger charge is -2.30. The summed E-state index contributed by atoms with van der Waals surface area (Å²) in [5.74, 6) is 0.590. The van der Waals surface area contributed by atoms with Gasteiger partial charge in [-0.3, -0.25) is 0 Å². The number of hydrogen-bond donors (Lipinski definition) is 0. The fourth-order valence-corrected chi connectivity index (χ4v) is 7.39. The highest BCUT2D eigenvalue weighted by atomic mass is 79.9. The van der Waals surface area contributed by atoms with E-state index in [9.17, 15) is 8.42 Å². The molecule has 1 aliphatic heterocycles. The van der Waals surface area contributed by atoms with Crippen LogP contribution in [0.5, 0.6) is 0 Å². The number of thiophene rings is 1. The quantitative estimate of drug-likeness (QED) is 0.819. The molecule has 2 fully saturated rings. The Bertz CT molecular complexity index is 540. The molecule has 2 atom stereocenters. The molecule has 2 heterocycles. The van der Waals surface area contributed by atoms with E-state index in [1.165, 1.54) is 30.6 Å². The molecule has 0 radical (unpaired) electrons. The van der Waals surface area contributed by atoms with Crippen molar-refractivity contribution in [3.63, 3.8) is 0 Å². The van der Waals surface area contributed by atoms with Crippen molar-refractivity contribution in [2.24, 2.45) is 5.92 Å². The lowest BCUT2D eigenvalue weighted by atomic mass is 9.86. The van der Waals surface area contributed by atoms with E-state index in [0.29, 0.717) is 21.1 Å². The molecule has 1 aromatic rings. The van der Waals surface area contributed by atoms with Crippen LogP contribution >= 0.6 is 27.3 Å². The van der Waals surface area contributed by atoms with Crippen LogP contribution in [0.2, 0.25) is 0 Å². The average Bonchev–Trinajstić information content (AvgIpc) is 2.95. The van der Waals surface area contributed by atoms with E-state index < -0.39 is 10.0 Å². The monoisotopic (exact) mass is 349 g/mol. The first-order chi connectivity index (χ1) is 8.60. The van der Waals surface area contributed by atoms with Gasteiger partial charge in [-0.2, -0.15) is 4.31 Å². The Kier molecular flexibility index (Phi) is 3.55. The van der Waals surface area contributed by atoms with E-state index >= 15 is 0 Å². The summed E-state index contributed by atoms with van der Waals surface area (Å²) < 4.78 is 28.3. The molecule has 6 heteroatoms. The van der Waals surface area contributed by atoms with Crippen molar-refractivity contribution in [1.29, 1.82) is 0 Å². The zero-order chi connectivity index (χ0) is 12.8. The molecule has 1 aliphatic carbocycles. The third-order valence-corrected chi connectivity index (χ3v) is 8.66. The lowest BCUT2D eigenvalue weighted by Crippen LogP contribution is -2.38. The van der Waals surface area contributed by atoms with Gasteiger partial charge in [0, 0.05) is 17.1 Å². The number of rotatable bonds is 2. The van der Waals surface area contributed by atoms with E-state index in [1.54, 1.807) is 4.31 Å². The Morgan fingerprint density at radius 1 is 1.28 bits per heavy atom. The van der Waals surface area contributed by atoms with Crippen LogP contribution in [0.4, 0.5) is 0 Å². The van der Waals surface area contributed by atoms with Crippen molar-refractivity contribution < 1.29 is 8.42 Å². The first-order valence-corrected chi connectivity index (χ1v) is 9.47. The summed E-state index contributed by atoms with van der Waals surface area (Å²) in [6.45, 7) is 0.696. The van der Waals surface area contributed by atoms with Crippen LogP contribution in [-0.4, -0.2) is 25.3 Å². The molecule has 100 valence electrons. The van der Waals surface area contributed by atoms with Crippen molar-refractivity contribution in [3.05, 3.63) is 15.9 Å². The molecule has 0 N–H and O–H groups in total. The Morgan fingerprint density at radius 2 is 2.06 bits per heavy atom. The molecule has 3 rings (SSSR count). The van der Waals surface area contributed by atoms with Crippen molar-refractivity contribution in [2.45, 2.75) is 42.4 Å². The third kappa shape index (κ3) is 2.07. The molecule has 1 aromatic heterocycles. The number of halogens is 1. The van der Waals surface area contributed by atoms with Crippen molar-refractivity contribution >= 4 is 37.3 Å². The molecule has 2 unspecified atom stereocenters. The highest BCUT2D eigenvalue weighted by Gasteiger charge is 2.43. The Hall–Kier alpha value is 0.0900. The standard InChI is InChI=1S/C12H16BrNO2S2/c13-10-6-8-17-12(10)18(15,16)14-7-5-9-3-1-2-4-11(9)14/h6,8-9,11H,1-5,7H2. The summed E-state index contributed by atoms with van der Waals surface area (Å²) >= 11 is 4.65. The maximum absolute atomic E-state index is 12.7. The van der Waals surface area contributed by atoms with Crippen molar-refractivity contribution in [3.8, 4) is 0 Å². The van der Waals surface area contributed by atoms with Crippen LogP contribution in [0.15, 0.2) is 20.1 Å². The number of nitrogens with zero attached hydrogens (tertiary/aromatic N) is 1. The van der Waals surface area contributed by atoms with Gasteiger partial charge in [0.25, 0.3) is 10.0 Å². The predicted octanol–water partition coefficient (Wildman–Crippen LogP) is 3.46. The van der Waals surface area contributed by atoms with E-state index in [1.807, 2.05) is 11.4 Å². The molecule has 0 bridgehead atoms. The lowest BCUT2D eigenvalue weighted by molar-refractivity contribution is 0.260. The van der Waals surface area contributed by atoms with Crippen LogP contribution in [-0.2, 0) is 10.0 Å². The Labute approximate surface area is 120 Å². The smallest absolute Gasteiger partial charge is 0.206 e. The maximum atomic E-state index is 12.7. The molecule has 0 amide bonds. The minimum Gasteiger partial charge on any atom is -0.206 e. The average molecular weight is 350 g/mol. The summed E-state index contributed by atoms with van der Waals surface area (Å²) in [4.78, 5) is 0. The summed E-state index contributed by atoms with van der Waals surface area (Å²) in [5.41, 5.74) is 0. The molecular weight excluding hydrogens is 334 g/mol. The van der Waals surface area contributed by atoms with Gasteiger partial charge in [0.15, 0.2) is 0 Å². The molecule has 0 aromatic carbocycles.